The molecule has 7 nitrogen and oxygen atoms in total. The molecule has 0 bridgehead atoms. The topological polar surface area (TPSA) is 65.8 Å². The van der Waals surface area contributed by atoms with E-state index in [-0.39, 0.29) is 24.6 Å². The summed E-state index contributed by atoms with van der Waals surface area (Å²) in [6.45, 7) is 1.45. The van der Waals surface area contributed by atoms with E-state index in [1.807, 2.05) is 12.1 Å². The summed E-state index contributed by atoms with van der Waals surface area (Å²) in [5.41, 5.74) is 0.0515. The Morgan fingerprint density at radius 1 is 1.27 bits per heavy atom. The number of aliphatic imine (C=N–C) groups is 1. The van der Waals surface area contributed by atoms with Gasteiger partial charge in [-0.05, 0) is 17.7 Å². The Bertz CT molecular complexity index is 925. The molecule has 11 heteroatoms. The first-order chi connectivity index (χ1) is 14.2. The minimum absolute atomic E-state index is 0.0128. The number of carbonyl (C=O) groups excluding carboxylic acids is 1. The molecule has 2 heterocycles. The molecule has 1 saturated heterocycles. The highest BCUT2D eigenvalue weighted by molar-refractivity contribution is 6.30. The lowest BCUT2D eigenvalue weighted by molar-refractivity contribution is -0.142. The summed E-state index contributed by atoms with van der Waals surface area (Å²) in [5.74, 6) is 0.281. The van der Waals surface area contributed by atoms with Crippen LogP contribution < -0.4 is 5.32 Å². The molecule has 1 fully saturated rings. The minimum atomic E-state index is -4.54. The molecule has 0 aliphatic carbocycles. The molecule has 0 saturated carbocycles. The molecule has 1 N–H and O–H groups in total. The second-order valence-electron chi connectivity index (χ2n) is 6.94. The van der Waals surface area contributed by atoms with Crippen molar-refractivity contribution in [3.05, 3.63) is 52.3 Å². The van der Waals surface area contributed by atoms with Crippen LogP contribution in [0.15, 0.2) is 35.5 Å². The highest BCUT2D eigenvalue weighted by Crippen LogP contribution is 2.30. The number of aromatic nitrogens is 2. The van der Waals surface area contributed by atoms with Gasteiger partial charge in [0.25, 0.3) is 0 Å². The van der Waals surface area contributed by atoms with Gasteiger partial charge in [0.05, 0.1) is 6.54 Å². The Morgan fingerprint density at radius 3 is 2.57 bits per heavy atom. The van der Waals surface area contributed by atoms with Crippen LogP contribution in [0.25, 0.3) is 0 Å². The van der Waals surface area contributed by atoms with Crippen LogP contribution in [0, 0.1) is 0 Å². The minimum Gasteiger partial charge on any atom is -0.352 e. The Balaban J connectivity index is 1.60. The van der Waals surface area contributed by atoms with E-state index in [1.165, 1.54) is 20.3 Å². The number of halogens is 4. The lowest BCUT2D eigenvalue weighted by atomic mass is 10.2. The van der Waals surface area contributed by atoms with Gasteiger partial charge in [-0.1, -0.05) is 23.7 Å². The van der Waals surface area contributed by atoms with Crippen molar-refractivity contribution in [3.63, 3.8) is 0 Å². The van der Waals surface area contributed by atoms with E-state index in [1.54, 1.807) is 21.9 Å². The van der Waals surface area contributed by atoms with Gasteiger partial charge in [0.2, 0.25) is 5.91 Å². The lowest BCUT2D eigenvalue weighted by Gasteiger charge is -2.36. The number of alkyl halides is 3. The van der Waals surface area contributed by atoms with Gasteiger partial charge in [0.15, 0.2) is 11.7 Å². The molecule has 0 atom stereocenters. The van der Waals surface area contributed by atoms with Gasteiger partial charge in [0, 0.05) is 57.1 Å². The molecule has 3 rings (SSSR count). The number of guanidine groups is 1. The van der Waals surface area contributed by atoms with Gasteiger partial charge in [-0.15, -0.1) is 0 Å². The molecule has 30 heavy (non-hydrogen) atoms. The highest BCUT2D eigenvalue weighted by Gasteiger charge is 2.37. The van der Waals surface area contributed by atoms with Gasteiger partial charge in [0.1, 0.15) is 0 Å². The third-order valence-electron chi connectivity index (χ3n) is 4.73. The lowest BCUT2D eigenvalue weighted by Crippen LogP contribution is -2.54. The number of carbonyl (C=O) groups is 1. The van der Waals surface area contributed by atoms with Gasteiger partial charge >= 0.3 is 6.18 Å². The first kappa shape index (κ1) is 21.9. The normalized spacial score (nSPS) is 15.7. The predicted octanol–water partition coefficient (Wildman–Crippen LogP) is 2.51. The molecular weight excluding hydrogens is 421 g/mol. The van der Waals surface area contributed by atoms with Crippen LogP contribution in [-0.4, -0.2) is 58.1 Å². The van der Waals surface area contributed by atoms with Crippen molar-refractivity contribution in [1.82, 2.24) is 24.9 Å². The Morgan fingerprint density at radius 2 is 1.97 bits per heavy atom. The summed E-state index contributed by atoms with van der Waals surface area (Å²) in [6.07, 6.45) is -3.22. The Kier molecular flexibility index (Phi) is 6.55. The molecule has 2 aromatic rings. The van der Waals surface area contributed by atoms with Crippen molar-refractivity contribution < 1.29 is 18.0 Å². The number of amides is 1. The van der Waals surface area contributed by atoms with E-state index < -0.39 is 11.9 Å². The van der Waals surface area contributed by atoms with Gasteiger partial charge in [-0.25, -0.2) is 0 Å². The van der Waals surface area contributed by atoms with Gasteiger partial charge in [-0.2, -0.15) is 18.3 Å². The van der Waals surface area contributed by atoms with E-state index >= 15 is 0 Å². The van der Waals surface area contributed by atoms with Crippen LogP contribution in [0.4, 0.5) is 13.2 Å². The number of nitrogens with zero attached hydrogens (tertiary/aromatic N) is 5. The second kappa shape index (κ2) is 8.95. The molecule has 1 aliphatic rings. The molecular formula is C19H22ClF3N6O. The highest BCUT2D eigenvalue weighted by atomic mass is 35.5. The van der Waals surface area contributed by atoms with Gasteiger partial charge < -0.3 is 15.1 Å². The summed E-state index contributed by atoms with van der Waals surface area (Å²) >= 11 is 5.89. The fourth-order valence-corrected chi connectivity index (χ4v) is 3.40. The third-order valence-corrected chi connectivity index (χ3v) is 4.98. The first-order valence-corrected chi connectivity index (χ1v) is 9.62. The smallest absolute Gasteiger partial charge is 0.352 e. The van der Waals surface area contributed by atoms with E-state index in [0.717, 1.165) is 10.2 Å². The van der Waals surface area contributed by atoms with Crippen LogP contribution in [0.1, 0.15) is 16.8 Å². The molecule has 1 aromatic carbocycles. The Hall–Kier alpha value is -2.75. The maximum absolute atomic E-state index is 13.1. The standard InChI is InChI=1S/C19H22ClF3N6O/c1-24-18(25-9-14-11-27(2)26-17(14)19(21,22)23)29-8-7-28(16(30)12-29)10-13-3-5-15(20)6-4-13/h3-6,11H,7-10,12H2,1-2H3,(H,24,25). The quantitative estimate of drug-likeness (QED) is 0.583. The number of hydrogen-bond acceptors (Lipinski definition) is 3. The van der Waals surface area contributed by atoms with Crippen LogP contribution >= 0.6 is 11.6 Å². The van der Waals surface area contributed by atoms with Crippen LogP contribution in [0.3, 0.4) is 0 Å². The number of aryl methyl sites for hydroxylation is 1. The summed E-state index contributed by atoms with van der Waals surface area (Å²) in [7, 11) is 2.97. The maximum Gasteiger partial charge on any atom is 0.435 e. The second-order valence-corrected chi connectivity index (χ2v) is 7.37. The number of hydrogen-bond donors (Lipinski definition) is 1. The fourth-order valence-electron chi connectivity index (χ4n) is 3.28. The number of nitrogens with one attached hydrogen (secondary N) is 1. The van der Waals surface area contributed by atoms with Crippen molar-refractivity contribution in [2.45, 2.75) is 19.3 Å². The van der Waals surface area contributed by atoms with Crippen LogP contribution in [0.5, 0.6) is 0 Å². The average molecular weight is 443 g/mol. The van der Waals surface area contributed by atoms with Crippen molar-refractivity contribution >= 4 is 23.5 Å². The molecule has 0 radical (unpaired) electrons. The molecule has 1 aromatic heterocycles. The average Bonchev–Trinajstić information content (AvgIpc) is 3.07. The van der Waals surface area contributed by atoms with E-state index in [2.05, 4.69) is 15.4 Å². The molecule has 162 valence electrons. The molecule has 0 unspecified atom stereocenters. The SMILES string of the molecule is CN=C(NCc1cn(C)nc1C(F)(F)F)N1CCN(Cc2ccc(Cl)cc2)C(=O)C1. The van der Waals surface area contributed by atoms with Crippen LogP contribution in [0.2, 0.25) is 5.02 Å². The summed E-state index contributed by atoms with van der Waals surface area (Å²) in [6, 6.07) is 7.29. The van der Waals surface area contributed by atoms with Crippen molar-refractivity contribution in [3.8, 4) is 0 Å². The van der Waals surface area contributed by atoms with E-state index in [0.29, 0.717) is 30.6 Å². The van der Waals surface area contributed by atoms with Gasteiger partial charge in [-0.3, -0.25) is 14.5 Å². The molecule has 0 spiro atoms. The number of piperazine rings is 1. The van der Waals surface area contributed by atoms with Crippen molar-refractivity contribution in [1.29, 1.82) is 0 Å². The zero-order chi connectivity index (χ0) is 21.9. The van der Waals surface area contributed by atoms with E-state index in [4.69, 9.17) is 11.6 Å². The third kappa shape index (κ3) is 5.24. The maximum atomic E-state index is 13.1. The monoisotopic (exact) mass is 442 g/mol. The van der Waals surface area contributed by atoms with Crippen molar-refractivity contribution in [2.24, 2.45) is 12.0 Å². The zero-order valence-electron chi connectivity index (χ0n) is 16.6. The molecule has 1 amide bonds. The Labute approximate surface area is 177 Å². The fraction of sp³-hybridized carbons (Fsp3) is 0.421. The van der Waals surface area contributed by atoms with E-state index in [9.17, 15) is 18.0 Å². The first-order valence-electron chi connectivity index (χ1n) is 9.25. The van der Waals surface area contributed by atoms with Crippen molar-refractivity contribution in [2.75, 3.05) is 26.7 Å². The largest absolute Gasteiger partial charge is 0.435 e. The summed E-state index contributed by atoms with van der Waals surface area (Å²) < 4.78 is 40.5. The molecule has 1 aliphatic heterocycles. The zero-order valence-corrected chi connectivity index (χ0v) is 17.3. The number of benzene rings is 1. The summed E-state index contributed by atoms with van der Waals surface area (Å²) in [5, 5.41) is 7.04. The predicted molar refractivity (Wildman–Crippen MR) is 107 cm³/mol. The number of rotatable bonds is 4. The summed E-state index contributed by atoms with van der Waals surface area (Å²) in [4.78, 5) is 20.1. The van der Waals surface area contributed by atoms with Crippen LogP contribution in [-0.2, 0) is 31.1 Å².